The third-order valence-corrected chi connectivity index (χ3v) is 4.77. The largest absolute Gasteiger partial charge is 0.375 e. The fraction of sp³-hybridized carbons (Fsp3) is 0.688. The molecule has 0 amide bonds. The number of imidazole rings is 1. The molecule has 23 heavy (non-hydrogen) atoms. The molecule has 0 spiro atoms. The monoisotopic (exact) mass is 317 g/mol. The van der Waals surface area contributed by atoms with Gasteiger partial charge in [-0.25, -0.2) is 4.98 Å². The van der Waals surface area contributed by atoms with Gasteiger partial charge >= 0.3 is 0 Å². The molecule has 3 heterocycles. The summed E-state index contributed by atoms with van der Waals surface area (Å²) in [7, 11) is 1.62. The summed E-state index contributed by atoms with van der Waals surface area (Å²) in [6.07, 6.45) is 7.10. The van der Waals surface area contributed by atoms with Gasteiger partial charge in [0.1, 0.15) is 12.4 Å². The number of aryl methyl sites for hydroxylation is 2. The normalized spacial score (nSPS) is 21.7. The van der Waals surface area contributed by atoms with E-state index in [4.69, 9.17) is 14.2 Å². The number of ether oxygens (including phenoxy) is 1. The van der Waals surface area contributed by atoms with Gasteiger partial charge in [-0.05, 0) is 45.1 Å². The summed E-state index contributed by atoms with van der Waals surface area (Å²) in [4.78, 5) is 15.2. The van der Waals surface area contributed by atoms with Crippen molar-refractivity contribution in [1.29, 1.82) is 0 Å². The predicted octanol–water partition coefficient (Wildman–Crippen LogP) is 2.16. The van der Waals surface area contributed by atoms with Crippen molar-refractivity contribution in [3.05, 3.63) is 28.9 Å². The minimum Gasteiger partial charge on any atom is -0.375 e. The van der Waals surface area contributed by atoms with Gasteiger partial charge in [0.05, 0.1) is 18.3 Å². The van der Waals surface area contributed by atoms with Crippen molar-refractivity contribution in [2.24, 2.45) is 0 Å². The molecule has 1 saturated heterocycles. The summed E-state index contributed by atoms with van der Waals surface area (Å²) in [5, 5.41) is 4.05. The van der Waals surface area contributed by atoms with E-state index < -0.39 is 0 Å². The van der Waals surface area contributed by atoms with Crippen LogP contribution in [0.25, 0.3) is 0 Å². The lowest BCUT2D eigenvalue weighted by atomic mass is 10.0. The molecule has 1 N–H and O–H groups in total. The molecule has 1 aliphatic heterocycles. The van der Waals surface area contributed by atoms with Crippen molar-refractivity contribution < 1.29 is 9.26 Å². The van der Waals surface area contributed by atoms with Gasteiger partial charge in [0.2, 0.25) is 0 Å². The molecule has 1 fully saturated rings. The molecule has 1 aliphatic carbocycles. The number of methoxy groups -OCH3 is 1. The van der Waals surface area contributed by atoms with Gasteiger partial charge in [-0.3, -0.25) is 4.90 Å². The quantitative estimate of drug-likeness (QED) is 0.910. The van der Waals surface area contributed by atoms with E-state index in [0.29, 0.717) is 25.1 Å². The van der Waals surface area contributed by atoms with Gasteiger partial charge in [-0.15, -0.1) is 0 Å². The average Bonchev–Trinajstić information content (AvgIpc) is 3.27. The van der Waals surface area contributed by atoms with E-state index in [1.165, 1.54) is 30.7 Å². The van der Waals surface area contributed by atoms with Crippen molar-refractivity contribution in [2.75, 3.05) is 13.7 Å². The third kappa shape index (κ3) is 3.03. The Hall–Kier alpha value is -1.73. The molecule has 0 aromatic carbocycles. The van der Waals surface area contributed by atoms with Crippen LogP contribution >= 0.6 is 0 Å². The summed E-state index contributed by atoms with van der Waals surface area (Å²) in [5.41, 5.74) is 2.63. The molecule has 7 heteroatoms. The van der Waals surface area contributed by atoms with E-state index in [9.17, 15) is 0 Å². The van der Waals surface area contributed by atoms with E-state index >= 15 is 0 Å². The maximum atomic E-state index is 5.19. The number of rotatable bonds is 5. The summed E-state index contributed by atoms with van der Waals surface area (Å²) in [6.45, 7) is 2.11. The van der Waals surface area contributed by atoms with Crippen molar-refractivity contribution in [2.45, 2.75) is 57.7 Å². The number of aromatic nitrogens is 4. The van der Waals surface area contributed by atoms with Crippen molar-refractivity contribution in [3.8, 4) is 0 Å². The second-order valence-corrected chi connectivity index (χ2v) is 6.42. The maximum Gasteiger partial charge on any atom is 0.252 e. The third-order valence-electron chi connectivity index (χ3n) is 4.77. The fourth-order valence-corrected chi connectivity index (χ4v) is 3.68. The number of H-pyrrole nitrogens is 1. The number of likely N-dealkylation sites (tertiary alicyclic amines) is 1. The average molecular weight is 317 g/mol. The lowest BCUT2D eigenvalue weighted by Crippen LogP contribution is -2.24. The van der Waals surface area contributed by atoms with Crippen LogP contribution in [-0.2, 0) is 30.7 Å². The van der Waals surface area contributed by atoms with Crippen molar-refractivity contribution in [3.63, 3.8) is 0 Å². The van der Waals surface area contributed by atoms with E-state index in [0.717, 1.165) is 37.5 Å². The van der Waals surface area contributed by atoms with Crippen LogP contribution in [0.3, 0.4) is 0 Å². The van der Waals surface area contributed by atoms with Crippen LogP contribution in [0, 0.1) is 0 Å². The number of nitrogens with zero attached hydrogens (tertiary/aromatic N) is 4. The Morgan fingerprint density at radius 1 is 1.26 bits per heavy atom. The predicted molar refractivity (Wildman–Crippen MR) is 82.6 cm³/mol. The number of hydrogen-bond acceptors (Lipinski definition) is 6. The molecule has 0 radical (unpaired) electrons. The van der Waals surface area contributed by atoms with Crippen LogP contribution in [-0.4, -0.2) is 38.7 Å². The Morgan fingerprint density at radius 3 is 3.04 bits per heavy atom. The van der Waals surface area contributed by atoms with Crippen LogP contribution in [0.2, 0.25) is 0 Å². The highest BCUT2D eigenvalue weighted by Gasteiger charge is 2.30. The fourth-order valence-electron chi connectivity index (χ4n) is 3.68. The first-order valence-electron chi connectivity index (χ1n) is 8.45. The molecule has 0 unspecified atom stereocenters. The summed E-state index contributed by atoms with van der Waals surface area (Å²) in [6, 6.07) is 0.338. The maximum absolute atomic E-state index is 5.19. The zero-order chi connectivity index (χ0) is 15.6. The highest BCUT2D eigenvalue weighted by Crippen LogP contribution is 2.33. The second kappa shape index (κ2) is 6.41. The topological polar surface area (TPSA) is 80.1 Å². The SMILES string of the molecule is COCc1nc(CN2CCC[C@H]2c2nc3c([nH]2)CCCC3)no1. The minimum atomic E-state index is 0.338. The molecule has 0 bridgehead atoms. The van der Waals surface area contributed by atoms with Gasteiger partial charge in [0.15, 0.2) is 5.82 Å². The van der Waals surface area contributed by atoms with E-state index in [1.54, 1.807) is 7.11 Å². The van der Waals surface area contributed by atoms with Gasteiger partial charge in [0.25, 0.3) is 5.89 Å². The van der Waals surface area contributed by atoms with Crippen LogP contribution in [0.15, 0.2) is 4.52 Å². The molecule has 1 atom stereocenters. The first-order valence-corrected chi connectivity index (χ1v) is 8.45. The Morgan fingerprint density at radius 2 is 2.17 bits per heavy atom. The molecule has 4 rings (SSSR count). The van der Waals surface area contributed by atoms with Gasteiger partial charge in [-0.2, -0.15) is 4.98 Å². The Kier molecular flexibility index (Phi) is 4.13. The smallest absolute Gasteiger partial charge is 0.252 e. The Labute approximate surface area is 135 Å². The van der Waals surface area contributed by atoms with Gasteiger partial charge < -0.3 is 14.2 Å². The first kappa shape index (κ1) is 14.8. The minimum absolute atomic E-state index is 0.338. The second-order valence-electron chi connectivity index (χ2n) is 6.42. The summed E-state index contributed by atoms with van der Waals surface area (Å²) < 4.78 is 10.2. The van der Waals surface area contributed by atoms with E-state index in [1.807, 2.05) is 0 Å². The van der Waals surface area contributed by atoms with Crippen LogP contribution < -0.4 is 0 Å². The van der Waals surface area contributed by atoms with Gasteiger partial charge in [-0.1, -0.05) is 5.16 Å². The zero-order valence-electron chi connectivity index (χ0n) is 13.5. The lowest BCUT2D eigenvalue weighted by Gasteiger charge is -2.20. The number of aromatic amines is 1. The molecule has 0 saturated carbocycles. The van der Waals surface area contributed by atoms with Crippen molar-refractivity contribution in [1.82, 2.24) is 25.0 Å². The molecular weight excluding hydrogens is 294 g/mol. The molecule has 7 nitrogen and oxygen atoms in total. The highest BCUT2D eigenvalue weighted by atomic mass is 16.5. The summed E-state index contributed by atoms with van der Waals surface area (Å²) >= 11 is 0. The number of nitrogens with one attached hydrogen (secondary N) is 1. The lowest BCUT2D eigenvalue weighted by molar-refractivity contribution is 0.151. The molecule has 2 aromatic rings. The standard InChI is InChI=1S/C16H23N5O2/c1-22-10-15-19-14(20-23-15)9-21-8-4-7-13(21)16-17-11-5-2-3-6-12(11)18-16/h13H,2-10H2,1H3,(H,17,18)/t13-/m0/s1. The van der Waals surface area contributed by atoms with E-state index in [-0.39, 0.29) is 0 Å². The molecular formula is C16H23N5O2. The Bertz CT molecular complexity index is 642. The van der Waals surface area contributed by atoms with E-state index in [2.05, 4.69) is 20.0 Å². The van der Waals surface area contributed by atoms with Crippen molar-refractivity contribution >= 4 is 0 Å². The van der Waals surface area contributed by atoms with Crippen LogP contribution in [0.1, 0.15) is 60.7 Å². The van der Waals surface area contributed by atoms with Gasteiger partial charge in [0, 0.05) is 12.8 Å². The summed E-state index contributed by atoms with van der Waals surface area (Å²) in [5.74, 6) is 2.38. The van der Waals surface area contributed by atoms with Crippen LogP contribution in [0.5, 0.6) is 0 Å². The molecule has 2 aromatic heterocycles. The first-order chi connectivity index (χ1) is 11.3. The molecule has 2 aliphatic rings. The zero-order valence-corrected chi connectivity index (χ0v) is 13.5. The number of fused-ring (bicyclic) bond motifs is 1. The van der Waals surface area contributed by atoms with Crippen LogP contribution in [0.4, 0.5) is 0 Å². The Balaban J connectivity index is 1.48. The molecule has 124 valence electrons. The number of hydrogen-bond donors (Lipinski definition) is 1. The highest BCUT2D eigenvalue weighted by molar-refractivity contribution is 5.19.